The van der Waals surface area contributed by atoms with Gasteiger partial charge in [-0.2, -0.15) is 10.4 Å². The summed E-state index contributed by atoms with van der Waals surface area (Å²) in [5, 5.41) is 13.4. The van der Waals surface area contributed by atoms with Gasteiger partial charge in [0.2, 0.25) is 0 Å². The van der Waals surface area contributed by atoms with Gasteiger partial charge in [0, 0.05) is 12.2 Å². The average molecular weight is 299 g/mol. The minimum atomic E-state index is -0.687. The molecule has 0 amide bonds. The zero-order valence-corrected chi connectivity index (χ0v) is 12.2. The second-order valence-electron chi connectivity index (χ2n) is 4.43. The second-order valence-corrected chi connectivity index (χ2v) is 5.23. The zero-order valence-electron chi connectivity index (χ0n) is 10.6. The van der Waals surface area contributed by atoms with Crippen LogP contribution in [-0.4, -0.2) is 15.3 Å². The summed E-state index contributed by atoms with van der Waals surface area (Å²) in [7, 11) is 0. The number of nitrogens with zero attached hydrogens (tertiary/aromatic N) is 3. The van der Waals surface area contributed by atoms with Crippen molar-refractivity contribution in [1.82, 2.24) is 9.78 Å². The molecule has 1 atom stereocenters. The summed E-state index contributed by atoms with van der Waals surface area (Å²) < 4.78 is 3.03. The van der Waals surface area contributed by atoms with Gasteiger partial charge in [-0.05, 0) is 49.0 Å². The zero-order chi connectivity index (χ0) is 13.1. The van der Waals surface area contributed by atoms with E-state index in [9.17, 15) is 0 Å². The van der Waals surface area contributed by atoms with Gasteiger partial charge in [0.05, 0.1) is 16.2 Å². The van der Waals surface area contributed by atoms with Crippen molar-refractivity contribution in [1.29, 1.82) is 5.26 Å². The van der Waals surface area contributed by atoms with E-state index in [2.05, 4.69) is 27.1 Å². The highest BCUT2D eigenvalue weighted by molar-refractivity contribution is 9.10. The number of nitrogens with two attached hydrogens (primary N) is 1. The highest BCUT2D eigenvalue weighted by Crippen LogP contribution is 2.21. The molecule has 0 aliphatic heterocycles. The molecule has 0 aromatic carbocycles. The summed E-state index contributed by atoms with van der Waals surface area (Å²) in [5.74, 6) is 0. The van der Waals surface area contributed by atoms with Gasteiger partial charge < -0.3 is 5.73 Å². The van der Waals surface area contributed by atoms with Gasteiger partial charge in [0.15, 0.2) is 0 Å². The van der Waals surface area contributed by atoms with Gasteiger partial charge in [0.25, 0.3) is 0 Å². The minimum Gasteiger partial charge on any atom is -0.313 e. The molecule has 1 aromatic rings. The molecular weight excluding hydrogens is 280 g/mol. The first-order valence-corrected chi connectivity index (χ1v) is 6.62. The molecule has 0 aliphatic carbocycles. The molecule has 1 aromatic heterocycles. The first-order chi connectivity index (χ1) is 7.93. The second kappa shape index (κ2) is 5.65. The number of halogens is 1. The third kappa shape index (κ3) is 3.30. The lowest BCUT2D eigenvalue weighted by Crippen LogP contribution is -2.37. The van der Waals surface area contributed by atoms with Crippen molar-refractivity contribution >= 4 is 15.9 Å². The van der Waals surface area contributed by atoms with E-state index in [4.69, 9.17) is 11.0 Å². The molecule has 1 rings (SSSR count). The van der Waals surface area contributed by atoms with Crippen molar-refractivity contribution in [3.05, 3.63) is 15.9 Å². The van der Waals surface area contributed by atoms with Crippen LogP contribution >= 0.6 is 15.9 Å². The van der Waals surface area contributed by atoms with Crippen molar-refractivity contribution in [3.8, 4) is 6.07 Å². The van der Waals surface area contributed by atoms with E-state index in [1.807, 2.05) is 25.5 Å². The van der Waals surface area contributed by atoms with Gasteiger partial charge in [0.1, 0.15) is 5.54 Å². The van der Waals surface area contributed by atoms with Gasteiger partial charge >= 0.3 is 0 Å². The van der Waals surface area contributed by atoms with Crippen LogP contribution in [0.5, 0.6) is 0 Å². The van der Waals surface area contributed by atoms with Gasteiger partial charge in [-0.15, -0.1) is 0 Å². The summed E-state index contributed by atoms with van der Waals surface area (Å²) >= 11 is 3.50. The molecule has 0 bridgehead atoms. The monoisotopic (exact) mass is 298 g/mol. The predicted octanol–water partition coefficient (Wildman–Crippen LogP) is 2.67. The lowest BCUT2D eigenvalue weighted by Gasteiger charge is -2.19. The molecule has 1 heterocycles. The highest BCUT2D eigenvalue weighted by atomic mass is 79.9. The Morgan fingerprint density at radius 1 is 1.53 bits per heavy atom. The van der Waals surface area contributed by atoms with Crippen molar-refractivity contribution in [2.24, 2.45) is 5.73 Å². The molecule has 0 radical (unpaired) electrons. The van der Waals surface area contributed by atoms with E-state index in [0.29, 0.717) is 12.8 Å². The quantitative estimate of drug-likeness (QED) is 0.909. The summed E-state index contributed by atoms with van der Waals surface area (Å²) in [6.45, 7) is 6.76. The SMILES string of the molecule is CCC(N)(C#N)CCCn1nc(C)c(Br)c1C. The lowest BCUT2D eigenvalue weighted by atomic mass is 9.93. The molecule has 0 fully saturated rings. The number of aryl methyl sites for hydroxylation is 2. The molecule has 0 aliphatic rings. The maximum atomic E-state index is 8.98. The van der Waals surface area contributed by atoms with Crippen LogP contribution < -0.4 is 5.73 Å². The molecular formula is C12H19BrN4. The van der Waals surface area contributed by atoms with E-state index < -0.39 is 5.54 Å². The van der Waals surface area contributed by atoms with E-state index in [0.717, 1.165) is 28.8 Å². The number of rotatable bonds is 5. The normalized spacial score (nSPS) is 14.4. The number of hydrogen-bond acceptors (Lipinski definition) is 3. The van der Waals surface area contributed by atoms with Crippen LogP contribution in [0.2, 0.25) is 0 Å². The fourth-order valence-electron chi connectivity index (χ4n) is 1.75. The van der Waals surface area contributed by atoms with E-state index in [1.54, 1.807) is 0 Å². The fraction of sp³-hybridized carbons (Fsp3) is 0.667. The lowest BCUT2D eigenvalue weighted by molar-refractivity contribution is 0.431. The smallest absolute Gasteiger partial charge is 0.104 e. The third-order valence-corrected chi connectivity index (χ3v) is 4.29. The maximum Gasteiger partial charge on any atom is 0.104 e. The van der Waals surface area contributed by atoms with E-state index in [-0.39, 0.29) is 0 Å². The highest BCUT2D eigenvalue weighted by Gasteiger charge is 2.21. The van der Waals surface area contributed by atoms with Gasteiger partial charge in [-0.1, -0.05) is 6.92 Å². The largest absolute Gasteiger partial charge is 0.313 e. The molecule has 5 heteroatoms. The number of aromatic nitrogens is 2. The van der Waals surface area contributed by atoms with E-state index >= 15 is 0 Å². The van der Waals surface area contributed by atoms with E-state index in [1.165, 1.54) is 0 Å². The molecule has 1 unspecified atom stereocenters. The number of hydrogen-bond donors (Lipinski definition) is 1. The van der Waals surface area contributed by atoms with Crippen LogP contribution in [-0.2, 0) is 6.54 Å². The van der Waals surface area contributed by atoms with Crippen LogP contribution in [0.4, 0.5) is 0 Å². The fourth-order valence-corrected chi connectivity index (χ4v) is 2.03. The Morgan fingerprint density at radius 2 is 2.18 bits per heavy atom. The van der Waals surface area contributed by atoms with Crippen molar-refractivity contribution in [2.75, 3.05) is 0 Å². The summed E-state index contributed by atoms with van der Waals surface area (Å²) in [6.07, 6.45) is 2.26. The first kappa shape index (κ1) is 14.2. The minimum absolute atomic E-state index is 0.685. The molecule has 17 heavy (non-hydrogen) atoms. The summed E-state index contributed by atoms with van der Waals surface area (Å²) in [5.41, 5.74) is 7.37. The van der Waals surface area contributed by atoms with Gasteiger partial charge in [-0.25, -0.2) is 0 Å². The summed E-state index contributed by atoms with van der Waals surface area (Å²) in [6, 6.07) is 2.18. The van der Waals surface area contributed by atoms with Crippen molar-refractivity contribution in [2.45, 2.75) is 52.1 Å². The Kier molecular flexibility index (Phi) is 4.72. The molecule has 0 saturated heterocycles. The molecule has 4 nitrogen and oxygen atoms in total. The molecule has 2 N–H and O–H groups in total. The Balaban J connectivity index is 2.58. The van der Waals surface area contributed by atoms with Crippen LogP contribution in [0, 0.1) is 25.2 Å². The van der Waals surface area contributed by atoms with Crippen LogP contribution in [0.1, 0.15) is 37.6 Å². The Hall–Kier alpha value is -0.860. The van der Waals surface area contributed by atoms with Crippen molar-refractivity contribution in [3.63, 3.8) is 0 Å². The van der Waals surface area contributed by atoms with Crippen LogP contribution in [0.3, 0.4) is 0 Å². The van der Waals surface area contributed by atoms with Crippen molar-refractivity contribution < 1.29 is 0 Å². The van der Waals surface area contributed by atoms with Crippen LogP contribution in [0.25, 0.3) is 0 Å². The number of nitriles is 1. The van der Waals surface area contributed by atoms with Gasteiger partial charge in [-0.3, -0.25) is 4.68 Å². The summed E-state index contributed by atoms with van der Waals surface area (Å²) in [4.78, 5) is 0. The Labute approximate surface area is 111 Å². The molecule has 0 saturated carbocycles. The maximum absolute atomic E-state index is 8.98. The average Bonchev–Trinajstić information content (AvgIpc) is 2.57. The standard InChI is InChI=1S/C12H19BrN4/c1-4-12(15,8-14)6-5-7-17-10(3)11(13)9(2)16-17/h4-7,15H2,1-3H3. The molecule has 94 valence electrons. The molecule has 0 spiro atoms. The predicted molar refractivity (Wildman–Crippen MR) is 71.5 cm³/mol. The Morgan fingerprint density at radius 3 is 2.59 bits per heavy atom. The van der Waals surface area contributed by atoms with Crippen LogP contribution in [0.15, 0.2) is 4.47 Å². The topological polar surface area (TPSA) is 67.6 Å². The third-order valence-electron chi connectivity index (χ3n) is 3.14. The first-order valence-electron chi connectivity index (χ1n) is 5.83. The Bertz CT molecular complexity index is 432.